The van der Waals surface area contributed by atoms with Gasteiger partial charge in [0.1, 0.15) is 5.60 Å². The molecule has 5 nitrogen and oxygen atoms in total. The zero-order valence-corrected chi connectivity index (χ0v) is 11.8. The molecule has 0 saturated carbocycles. The van der Waals surface area contributed by atoms with Crippen molar-refractivity contribution in [3.05, 3.63) is 11.6 Å². The molecule has 0 N–H and O–H groups in total. The lowest BCUT2D eigenvalue weighted by molar-refractivity contribution is -0.182. The number of ether oxygens (including phenoxy) is 1. The van der Waals surface area contributed by atoms with Gasteiger partial charge in [-0.3, -0.25) is 4.89 Å². The molecular weight excluding hydrogens is 245 g/mol. The summed E-state index contributed by atoms with van der Waals surface area (Å²) in [5.41, 5.74) is 0.833. The molecule has 0 aliphatic carbocycles. The van der Waals surface area contributed by atoms with Gasteiger partial charge in [0.25, 0.3) is 0 Å². The minimum atomic E-state index is -0.448. The predicted octanol–water partition coefficient (Wildman–Crippen LogP) is 2.31. The molecule has 1 amide bonds. The Labute approximate surface area is 115 Å². The van der Waals surface area contributed by atoms with E-state index in [4.69, 9.17) is 14.4 Å². The second-order valence-electron chi connectivity index (χ2n) is 5.93. The standard InChI is InChI=1S/C13H21BNO4/c1-13(2,3)18-12(16)15-7-4-5-10(6-8-15)11-9-17-19-14-11/h6,11H,4-5,7-9H2,1-3H3. The van der Waals surface area contributed by atoms with E-state index in [-0.39, 0.29) is 11.9 Å². The summed E-state index contributed by atoms with van der Waals surface area (Å²) in [5, 5.41) is 0. The quantitative estimate of drug-likeness (QED) is 0.415. The summed E-state index contributed by atoms with van der Waals surface area (Å²) < 4.78 is 5.39. The largest absolute Gasteiger partial charge is 0.444 e. The van der Waals surface area contributed by atoms with Crippen molar-refractivity contribution in [2.75, 3.05) is 19.7 Å². The van der Waals surface area contributed by atoms with E-state index in [9.17, 15) is 4.79 Å². The molecule has 6 heteroatoms. The molecule has 1 fully saturated rings. The highest BCUT2D eigenvalue weighted by Gasteiger charge is 2.27. The maximum Gasteiger partial charge on any atom is 0.410 e. The lowest BCUT2D eigenvalue weighted by Gasteiger charge is -2.25. The number of hydrogen-bond donors (Lipinski definition) is 0. The van der Waals surface area contributed by atoms with E-state index in [1.807, 2.05) is 20.8 Å². The molecule has 0 aromatic rings. The number of hydrogen-bond acceptors (Lipinski definition) is 4. The lowest BCUT2D eigenvalue weighted by Crippen LogP contribution is -2.37. The van der Waals surface area contributed by atoms with Crippen molar-refractivity contribution in [3.63, 3.8) is 0 Å². The van der Waals surface area contributed by atoms with Crippen LogP contribution >= 0.6 is 0 Å². The molecule has 1 radical (unpaired) electrons. The molecule has 2 heterocycles. The van der Waals surface area contributed by atoms with E-state index in [0.29, 0.717) is 13.2 Å². The normalized spacial score (nSPS) is 24.5. The van der Waals surface area contributed by atoms with Crippen LogP contribution in [0.3, 0.4) is 0 Å². The lowest BCUT2D eigenvalue weighted by atomic mass is 9.75. The van der Waals surface area contributed by atoms with E-state index in [2.05, 4.69) is 6.08 Å². The topological polar surface area (TPSA) is 48.0 Å². The van der Waals surface area contributed by atoms with Crippen LogP contribution in [-0.2, 0) is 14.4 Å². The van der Waals surface area contributed by atoms with Gasteiger partial charge in [-0.25, -0.2) is 4.79 Å². The van der Waals surface area contributed by atoms with Gasteiger partial charge in [0.05, 0.1) is 6.61 Å². The van der Waals surface area contributed by atoms with E-state index in [0.717, 1.165) is 19.4 Å². The van der Waals surface area contributed by atoms with E-state index in [1.165, 1.54) is 5.57 Å². The molecule has 2 aliphatic rings. The Morgan fingerprint density at radius 3 is 2.95 bits per heavy atom. The Hall–Kier alpha value is -1.01. The van der Waals surface area contributed by atoms with Crippen molar-refractivity contribution in [2.24, 2.45) is 0 Å². The minimum absolute atomic E-state index is 0.221. The van der Waals surface area contributed by atoms with Crippen LogP contribution in [0.1, 0.15) is 33.6 Å². The monoisotopic (exact) mass is 266 g/mol. The minimum Gasteiger partial charge on any atom is -0.444 e. The van der Waals surface area contributed by atoms with Crippen LogP contribution in [0, 0.1) is 0 Å². The predicted molar refractivity (Wildman–Crippen MR) is 71.7 cm³/mol. The molecule has 19 heavy (non-hydrogen) atoms. The Morgan fingerprint density at radius 1 is 1.53 bits per heavy atom. The Morgan fingerprint density at radius 2 is 2.32 bits per heavy atom. The first-order valence-corrected chi connectivity index (χ1v) is 6.74. The summed E-state index contributed by atoms with van der Waals surface area (Å²) in [6.45, 7) is 7.53. The molecule has 0 bridgehead atoms. The fourth-order valence-electron chi connectivity index (χ4n) is 2.18. The maximum absolute atomic E-state index is 12.0. The summed E-state index contributed by atoms with van der Waals surface area (Å²) in [4.78, 5) is 23.5. The van der Waals surface area contributed by atoms with Crippen LogP contribution in [0.2, 0.25) is 5.82 Å². The highest BCUT2D eigenvalue weighted by Crippen LogP contribution is 2.28. The van der Waals surface area contributed by atoms with Gasteiger partial charge >= 0.3 is 13.6 Å². The van der Waals surface area contributed by atoms with Gasteiger partial charge in [-0.1, -0.05) is 11.6 Å². The molecule has 1 atom stereocenters. The maximum atomic E-state index is 12.0. The molecule has 1 saturated heterocycles. The molecule has 0 aromatic carbocycles. The zero-order valence-electron chi connectivity index (χ0n) is 11.8. The number of nitrogens with zero attached hydrogens (tertiary/aromatic N) is 1. The first-order valence-electron chi connectivity index (χ1n) is 6.74. The summed E-state index contributed by atoms with van der Waals surface area (Å²) >= 11 is 0. The Bertz CT molecular complexity index is 358. The van der Waals surface area contributed by atoms with Crippen molar-refractivity contribution in [1.29, 1.82) is 0 Å². The SMILES string of the molecule is CC(C)(C)OC(=O)N1CC=C(C2[B]OOC2)CCC1. The van der Waals surface area contributed by atoms with Gasteiger partial charge in [-0.15, -0.1) is 0 Å². The van der Waals surface area contributed by atoms with Crippen molar-refractivity contribution < 1.29 is 19.2 Å². The van der Waals surface area contributed by atoms with Crippen LogP contribution in [0.5, 0.6) is 0 Å². The fraction of sp³-hybridized carbons (Fsp3) is 0.769. The highest BCUT2D eigenvalue weighted by atomic mass is 17.2. The first-order chi connectivity index (χ1) is 8.96. The molecule has 105 valence electrons. The average Bonchev–Trinajstić information content (AvgIpc) is 2.71. The molecular formula is C13H21BNO4. The summed E-state index contributed by atoms with van der Waals surface area (Å²) in [7, 11) is 1.72. The fourth-order valence-corrected chi connectivity index (χ4v) is 2.18. The summed E-state index contributed by atoms with van der Waals surface area (Å²) in [6, 6.07) is 0. The van der Waals surface area contributed by atoms with Crippen LogP contribution in [0.4, 0.5) is 4.79 Å². The van der Waals surface area contributed by atoms with Crippen molar-refractivity contribution in [1.82, 2.24) is 4.90 Å². The van der Waals surface area contributed by atoms with Crippen LogP contribution < -0.4 is 0 Å². The Balaban J connectivity index is 1.93. The van der Waals surface area contributed by atoms with Crippen LogP contribution in [-0.4, -0.2) is 43.8 Å². The van der Waals surface area contributed by atoms with E-state index < -0.39 is 5.60 Å². The Kier molecular flexibility index (Phi) is 4.52. The van der Waals surface area contributed by atoms with Gasteiger partial charge in [-0.05, 0) is 33.6 Å². The third kappa shape index (κ3) is 4.25. The molecule has 0 spiro atoms. The van der Waals surface area contributed by atoms with Crippen molar-refractivity contribution >= 4 is 13.6 Å². The second kappa shape index (κ2) is 5.97. The number of carbonyl (C=O) groups excluding carboxylic acids is 1. The summed E-state index contributed by atoms with van der Waals surface area (Å²) in [6.07, 6.45) is 3.76. The number of carbonyl (C=O) groups is 1. The van der Waals surface area contributed by atoms with Gasteiger partial charge in [0, 0.05) is 18.9 Å². The van der Waals surface area contributed by atoms with Gasteiger partial charge in [-0.2, -0.15) is 0 Å². The number of amides is 1. The van der Waals surface area contributed by atoms with Crippen molar-refractivity contribution in [3.8, 4) is 0 Å². The van der Waals surface area contributed by atoms with Gasteiger partial charge in [0.2, 0.25) is 0 Å². The summed E-state index contributed by atoms with van der Waals surface area (Å²) in [5.74, 6) is 0.221. The van der Waals surface area contributed by atoms with Gasteiger partial charge < -0.3 is 14.4 Å². The third-order valence-electron chi connectivity index (χ3n) is 3.13. The molecule has 2 aliphatic heterocycles. The highest BCUT2D eigenvalue weighted by molar-refractivity contribution is 6.31. The molecule has 2 rings (SSSR count). The average molecular weight is 266 g/mol. The second-order valence-corrected chi connectivity index (χ2v) is 5.93. The van der Waals surface area contributed by atoms with Crippen LogP contribution in [0.25, 0.3) is 0 Å². The van der Waals surface area contributed by atoms with E-state index >= 15 is 0 Å². The number of rotatable bonds is 1. The third-order valence-corrected chi connectivity index (χ3v) is 3.13. The molecule has 0 aromatic heterocycles. The van der Waals surface area contributed by atoms with Gasteiger partial charge in [0.15, 0.2) is 0 Å². The molecule has 1 unspecified atom stereocenters. The van der Waals surface area contributed by atoms with Crippen molar-refractivity contribution in [2.45, 2.75) is 45.0 Å². The first kappa shape index (κ1) is 14.4. The van der Waals surface area contributed by atoms with E-state index in [1.54, 1.807) is 12.4 Å². The zero-order chi connectivity index (χ0) is 13.9. The smallest absolute Gasteiger partial charge is 0.410 e. The van der Waals surface area contributed by atoms with Crippen LogP contribution in [0.15, 0.2) is 11.6 Å².